The number of esters is 1. The normalized spacial score (nSPS) is 17.8. The van der Waals surface area contributed by atoms with Crippen molar-refractivity contribution >= 4 is 16.0 Å². The monoisotopic (exact) mass is 359 g/mol. The van der Waals surface area contributed by atoms with E-state index >= 15 is 0 Å². The van der Waals surface area contributed by atoms with Crippen LogP contribution in [0.3, 0.4) is 0 Å². The van der Waals surface area contributed by atoms with E-state index in [4.69, 9.17) is 4.74 Å². The molecular formula is C19H21NO4S. The van der Waals surface area contributed by atoms with Gasteiger partial charge in [0.2, 0.25) is 10.0 Å². The van der Waals surface area contributed by atoms with E-state index in [0.717, 1.165) is 16.7 Å². The van der Waals surface area contributed by atoms with Crippen LogP contribution in [-0.4, -0.2) is 32.3 Å². The summed E-state index contributed by atoms with van der Waals surface area (Å²) < 4.78 is 32.5. The van der Waals surface area contributed by atoms with Gasteiger partial charge in [0, 0.05) is 6.54 Å². The highest BCUT2D eigenvalue weighted by Crippen LogP contribution is 2.36. The lowest BCUT2D eigenvalue weighted by molar-refractivity contribution is -0.141. The van der Waals surface area contributed by atoms with Gasteiger partial charge in [-0.25, -0.2) is 8.42 Å². The predicted octanol–water partition coefficient (Wildman–Crippen LogP) is 2.85. The van der Waals surface area contributed by atoms with E-state index in [1.807, 2.05) is 31.2 Å². The summed E-state index contributed by atoms with van der Waals surface area (Å²) in [5.74, 6) is -0.425. The van der Waals surface area contributed by atoms with Crippen molar-refractivity contribution in [2.24, 2.45) is 0 Å². The van der Waals surface area contributed by atoms with Crippen LogP contribution in [0, 0.1) is 6.92 Å². The van der Waals surface area contributed by atoms with Crippen molar-refractivity contribution in [3.63, 3.8) is 0 Å². The lowest BCUT2D eigenvalue weighted by Crippen LogP contribution is -2.41. The zero-order valence-electron chi connectivity index (χ0n) is 14.3. The molecule has 0 saturated heterocycles. The van der Waals surface area contributed by atoms with Crippen LogP contribution >= 0.6 is 0 Å². The third-order valence-corrected chi connectivity index (χ3v) is 6.50. The second kappa shape index (κ2) is 6.98. The maximum Gasteiger partial charge on any atom is 0.307 e. The van der Waals surface area contributed by atoms with Gasteiger partial charge in [-0.3, -0.25) is 4.79 Å². The minimum absolute atomic E-state index is 0.00138. The molecule has 1 aliphatic heterocycles. The standard InChI is InChI=1S/C19H21NO4S/c1-14-7-9-16(10-8-14)25(22,23)20-12-11-15-5-3-4-6-17(15)18(20)13-19(21)24-2/h3-10,18H,11-13H2,1-2H3. The van der Waals surface area contributed by atoms with E-state index in [1.165, 1.54) is 11.4 Å². The second-order valence-corrected chi connectivity index (χ2v) is 8.06. The quantitative estimate of drug-likeness (QED) is 0.788. The second-order valence-electron chi connectivity index (χ2n) is 6.17. The number of rotatable bonds is 4. The van der Waals surface area contributed by atoms with Gasteiger partial charge in [0.1, 0.15) is 0 Å². The Morgan fingerprint density at radius 1 is 1.16 bits per heavy atom. The Bertz CT molecular complexity index is 875. The summed E-state index contributed by atoms with van der Waals surface area (Å²) in [6.07, 6.45) is 0.623. The number of aryl methyl sites for hydroxylation is 1. The molecule has 2 aromatic carbocycles. The highest BCUT2D eigenvalue weighted by molar-refractivity contribution is 7.89. The van der Waals surface area contributed by atoms with Gasteiger partial charge in [0.15, 0.2) is 0 Å². The van der Waals surface area contributed by atoms with Crippen molar-refractivity contribution in [2.75, 3.05) is 13.7 Å². The zero-order valence-corrected chi connectivity index (χ0v) is 15.1. The van der Waals surface area contributed by atoms with Gasteiger partial charge >= 0.3 is 5.97 Å². The number of nitrogens with zero attached hydrogens (tertiary/aromatic N) is 1. The fraction of sp³-hybridized carbons (Fsp3) is 0.316. The van der Waals surface area contributed by atoms with Crippen LogP contribution in [0.2, 0.25) is 0 Å². The number of fused-ring (bicyclic) bond motifs is 1. The summed E-state index contributed by atoms with van der Waals surface area (Å²) in [5.41, 5.74) is 2.94. The van der Waals surface area contributed by atoms with E-state index in [2.05, 4.69) is 0 Å². The van der Waals surface area contributed by atoms with Gasteiger partial charge < -0.3 is 4.74 Å². The average molecular weight is 359 g/mol. The maximum absolute atomic E-state index is 13.2. The molecule has 0 fully saturated rings. The number of hydrogen-bond acceptors (Lipinski definition) is 4. The molecule has 3 rings (SSSR count). The fourth-order valence-electron chi connectivity index (χ4n) is 3.21. The van der Waals surface area contributed by atoms with E-state index in [1.54, 1.807) is 24.3 Å². The first-order chi connectivity index (χ1) is 11.9. The van der Waals surface area contributed by atoms with Crippen LogP contribution < -0.4 is 0 Å². The molecule has 1 unspecified atom stereocenters. The molecule has 6 heteroatoms. The third kappa shape index (κ3) is 3.45. The minimum atomic E-state index is -3.70. The van der Waals surface area contributed by atoms with Crippen LogP contribution in [0.4, 0.5) is 0 Å². The van der Waals surface area contributed by atoms with Crippen molar-refractivity contribution in [1.82, 2.24) is 4.31 Å². The molecular weight excluding hydrogens is 338 g/mol. The zero-order chi connectivity index (χ0) is 18.0. The van der Waals surface area contributed by atoms with Crippen molar-refractivity contribution in [1.29, 1.82) is 0 Å². The molecule has 0 N–H and O–H groups in total. The summed E-state index contributed by atoms with van der Waals surface area (Å²) in [4.78, 5) is 12.1. The molecule has 1 atom stereocenters. The number of benzene rings is 2. The van der Waals surface area contributed by atoms with Crippen LogP contribution in [0.1, 0.15) is 29.2 Å². The summed E-state index contributed by atoms with van der Waals surface area (Å²) in [7, 11) is -2.38. The van der Waals surface area contributed by atoms with E-state index in [9.17, 15) is 13.2 Å². The highest BCUT2D eigenvalue weighted by Gasteiger charge is 2.37. The van der Waals surface area contributed by atoms with Crippen LogP contribution in [0.15, 0.2) is 53.4 Å². The average Bonchev–Trinajstić information content (AvgIpc) is 2.62. The van der Waals surface area contributed by atoms with E-state index in [-0.39, 0.29) is 11.3 Å². The van der Waals surface area contributed by atoms with Crippen molar-refractivity contribution < 1.29 is 17.9 Å². The molecule has 1 heterocycles. The molecule has 0 spiro atoms. The number of carbonyl (C=O) groups is 1. The molecule has 0 radical (unpaired) electrons. The van der Waals surface area contributed by atoms with Crippen molar-refractivity contribution in [3.8, 4) is 0 Å². The molecule has 25 heavy (non-hydrogen) atoms. The van der Waals surface area contributed by atoms with E-state index in [0.29, 0.717) is 13.0 Å². The number of sulfonamides is 1. The highest BCUT2D eigenvalue weighted by atomic mass is 32.2. The SMILES string of the molecule is COC(=O)CC1c2ccccc2CCN1S(=O)(=O)c1ccc(C)cc1. The number of ether oxygens (including phenoxy) is 1. The minimum Gasteiger partial charge on any atom is -0.469 e. The van der Waals surface area contributed by atoms with Gasteiger partial charge in [-0.05, 0) is 36.6 Å². The van der Waals surface area contributed by atoms with Gasteiger partial charge in [-0.2, -0.15) is 4.31 Å². The Kier molecular flexibility index (Phi) is 4.92. The van der Waals surface area contributed by atoms with Crippen LogP contribution in [0.25, 0.3) is 0 Å². The molecule has 1 aliphatic rings. The number of hydrogen-bond donors (Lipinski definition) is 0. The summed E-state index contributed by atoms with van der Waals surface area (Å²) in [5, 5.41) is 0. The molecule has 0 saturated carbocycles. The van der Waals surface area contributed by atoms with Crippen LogP contribution in [0.5, 0.6) is 0 Å². The Labute approximate surface area is 148 Å². The topological polar surface area (TPSA) is 63.7 Å². The Morgan fingerprint density at radius 2 is 1.84 bits per heavy atom. The molecule has 2 aromatic rings. The Morgan fingerprint density at radius 3 is 2.52 bits per heavy atom. The lowest BCUT2D eigenvalue weighted by Gasteiger charge is -2.35. The number of carbonyl (C=O) groups excluding carboxylic acids is 1. The molecule has 0 aromatic heterocycles. The first-order valence-electron chi connectivity index (χ1n) is 8.16. The molecule has 132 valence electrons. The van der Waals surface area contributed by atoms with Crippen molar-refractivity contribution in [3.05, 3.63) is 65.2 Å². The molecule has 5 nitrogen and oxygen atoms in total. The van der Waals surface area contributed by atoms with Gasteiger partial charge in [-0.1, -0.05) is 42.0 Å². The summed E-state index contributed by atoms with van der Waals surface area (Å²) >= 11 is 0. The first kappa shape index (κ1) is 17.6. The Balaban J connectivity index is 2.04. The number of methoxy groups -OCH3 is 1. The van der Waals surface area contributed by atoms with Gasteiger partial charge in [-0.15, -0.1) is 0 Å². The third-order valence-electron chi connectivity index (χ3n) is 4.58. The summed E-state index contributed by atoms with van der Waals surface area (Å²) in [6.45, 7) is 2.25. The molecule has 0 aliphatic carbocycles. The Hall–Kier alpha value is -2.18. The van der Waals surface area contributed by atoms with E-state index < -0.39 is 22.0 Å². The van der Waals surface area contributed by atoms with Gasteiger partial charge in [0.05, 0.1) is 24.5 Å². The molecule has 0 bridgehead atoms. The van der Waals surface area contributed by atoms with Gasteiger partial charge in [0.25, 0.3) is 0 Å². The fourth-order valence-corrected chi connectivity index (χ4v) is 4.82. The molecule has 0 amide bonds. The largest absolute Gasteiger partial charge is 0.469 e. The predicted molar refractivity (Wildman–Crippen MR) is 94.6 cm³/mol. The first-order valence-corrected chi connectivity index (χ1v) is 9.60. The van der Waals surface area contributed by atoms with Crippen LogP contribution in [-0.2, 0) is 26.0 Å². The maximum atomic E-state index is 13.2. The smallest absolute Gasteiger partial charge is 0.307 e. The van der Waals surface area contributed by atoms with Crippen molar-refractivity contribution in [2.45, 2.75) is 30.7 Å². The lowest BCUT2D eigenvalue weighted by atomic mass is 9.92. The summed E-state index contributed by atoms with van der Waals surface area (Å²) in [6, 6.07) is 13.9.